The van der Waals surface area contributed by atoms with Crippen molar-refractivity contribution in [2.45, 2.75) is 20.8 Å². The highest BCUT2D eigenvalue weighted by molar-refractivity contribution is 5.42. The molecule has 0 aliphatic rings. The maximum absolute atomic E-state index is 3.33. The van der Waals surface area contributed by atoms with Crippen molar-refractivity contribution in [3.63, 3.8) is 0 Å². The van der Waals surface area contributed by atoms with Crippen LogP contribution in [0.3, 0.4) is 0 Å². The predicted molar refractivity (Wildman–Crippen MR) is 63.5 cm³/mol. The Morgan fingerprint density at radius 2 is 1.79 bits per heavy atom. The zero-order valence-corrected chi connectivity index (χ0v) is 9.25. The van der Waals surface area contributed by atoms with Crippen LogP contribution < -0.4 is 5.32 Å². The maximum atomic E-state index is 3.33. The van der Waals surface area contributed by atoms with E-state index < -0.39 is 0 Å². The molecule has 1 nitrogen and oxygen atoms in total. The van der Waals surface area contributed by atoms with Crippen molar-refractivity contribution in [3.05, 3.63) is 42.5 Å². The van der Waals surface area contributed by atoms with Crippen molar-refractivity contribution in [2.24, 2.45) is 5.41 Å². The van der Waals surface area contributed by atoms with Crippen molar-refractivity contribution in [1.82, 2.24) is 0 Å². The first-order chi connectivity index (χ1) is 6.58. The van der Waals surface area contributed by atoms with E-state index in [1.54, 1.807) is 0 Å². The molecule has 0 aromatic heterocycles. The van der Waals surface area contributed by atoms with Crippen LogP contribution in [0.2, 0.25) is 0 Å². The summed E-state index contributed by atoms with van der Waals surface area (Å²) in [7, 11) is 0. The van der Waals surface area contributed by atoms with Gasteiger partial charge < -0.3 is 5.32 Å². The molecule has 0 heterocycles. The molecule has 0 aliphatic carbocycles. The SMILES string of the molecule is CC(C)(C)/C=C/CNc1ccccc1. The quantitative estimate of drug-likeness (QED) is 0.715. The number of anilines is 1. The monoisotopic (exact) mass is 189 g/mol. The minimum Gasteiger partial charge on any atom is -0.382 e. The Kier molecular flexibility index (Phi) is 3.75. The first-order valence-corrected chi connectivity index (χ1v) is 5.04. The van der Waals surface area contributed by atoms with E-state index in [2.05, 4.69) is 50.4 Å². The van der Waals surface area contributed by atoms with E-state index in [0.717, 1.165) is 6.54 Å². The number of benzene rings is 1. The van der Waals surface area contributed by atoms with E-state index >= 15 is 0 Å². The Hall–Kier alpha value is -1.24. The molecule has 0 amide bonds. The highest BCUT2D eigenvalue weighted by Crippen LogP contribution is 2.14. The Morgan fingerprint density at radius 1 is 1.14 bits per heavy atom. The molecule has 14 heavy (non-hydrogen) atoms. The van der Waals surface area contributed by atoms with Crippen LogP contribution in [0.1, 0.15) is 20.8 Å². The normalized spacial score (nSPS) is 11.9. The molecule has 1 aromatic rings. The zero-order valence-electron chi connectivity index (χ0n) is 9.25. The Bertz CT molecular complexity index is 280. The number of para-hydroxylation sites is 1. The molecule has 1 aromatic carbocycles. The molecular weight excluding hydrogens is 170 g/mol. The molecule has 0 spiro atoms. The smallest absolute Gasteiger partial charge is 0.0342 e. The minimum absolute atomic E-state index is 0.276. The van der Waals surface area contributed by atoms with Gasteiger partial charge in [0.2, 0.25) is 0 Å². The van der Waals surface area contributed by atoms with E-state index in [-0.39, 0.29) is 5.41 Å². The van der Waals surface area contributed by atoms with Crippen LogP contribution in [0.25, 0.3) is 0 Å². The number of hydrogen-bond donors (Lipinski definition) is 1. The molecule has 1 N–H and O–H groups in total. The van der Waals surface area contributed by atoms with E-state index in [9.17, 15) is 0 Å². The van der Waals surface area contributed by atoms with Crippen LogP contribution in [0.5, 0.6) is 0 Å². The summed E-state index contributed by atoms with van der Waals surface area (Å²) < 4.78 is 0. The summed E-state index contributed by atoms with van der Waals surface area (Å²) in [6.45, 7) is 7.49. The highest BCUT2D eigenvalue weighted by atomic mass is 14.8. The summed E-state index contributed by atoms with van der Waals surface area (Å²) in [6.07, 6.45) is 4.40. The lowest BCUT2D eigenvalue weighted by atomic mass is 9.96. The predicted octanol–water partition coefficient (Wildman–Crippen LogP) is 3.70. The number of rotatable bonds is 3. The minimum atomic E-state index is 0.276. The lowest BCUT2D eigenvalue weighted by Gasteiger charge is -2.11. The van der Waals surface area contributed by atoms with Gasteiger partial charge in [0.15, 0.2) is 0 Å². The van der Waals surface area contributed by atoms with Gasteiger partial charge in [0.25, 0.3) is 0 Å². The standard InChI is InChI=1S/C13H19N/c1-13(2,3)10-7-11-14-12-8-5-4-6-9-12/h4-10,14H,11H2,1-3H3/b10-7+. The second-order valence-corrected chi connectivity index (χ2v) is 4.52. The number of nitrogens with one attached hydrogen (secondary N) is 1. The van der Waals surface area contributed by atoms with Crippen molar-refractivity contribution in [2.75, 3.05) is 11.9 Å². The van der Waals surface area contributed by atoms with E-state index in [1.165, 1.54) is 5.69 Å². The first-order valence-electron chi connectivity index (χ1n) is 5.04. The van der Waals surface area contributed by atoms with Crippen LogP contribution in [0, 0.1) is 5.41 Å². The molecule has 0 aliphatic heterocycles. The second-order valence-electron chi connectivity index (χ2n) is 4.52. The molecule has 1 rings (SSSR count). The Labute approximate surface area is 86.8 Å². The fraction of sp³-hybridized carbons (Fsp3) is 0.385. The summed E-state index contributed by atoms with van der Waals surface area (Å²) in [5, 5.41) is 3.33. The van der Waals surface area contributed by atoms with E-state index in [1.807, 2.05) is 18.2 Å². The lowest BCUT2D eigenvalue weighted by molar-refractivity contribution is 0.543. The van der Waals surface area contributed by atoms with Gasteiger partial charge in [-0.15, -0.1) is 0 Å². The van der Waals surface area contributed by atoms with Crippen molar-refractivity contribution in [1.29, 1.82) is 0 Å². The fourth-order valence-electron chi connectivity index (χ4n) is 1.15. The van der Waals surface area contributed by atoms with Gasteiger partial charge in [-0.25, -0.2) is 0 Å². The molecule has 0 atom stereocenters. The van der Waals surface area contributed by atoms with Gasteiger partial charge in [0.05, 0.1) is 0 Å². The molecular formula is C13H19N. The van der Waals surface area contributed by atoms with Crippen LogP contribution >= 0.6 is 0 Å². The topological polar surface area (TPSA) is 12.0 Å². The molecule has 1 heteroatoms. The van der Waals surface area contributed by atoms with Crippen molar-refractivity contribution >= 4 is 5.69 Å². The molecule has 0 saturated heterocycles. The molecule has 0 bridgehead atoms. The van der Waals surface area contributed by atoms with Gasteiger partial charge in [-0.05, 0) is 17.5 Å². The van der Waals surface area contributed by atoms with Crippen LogP contribution in [-0.4, -0.2) is 6.54 Å². The van der Waals surface area contributed by atoms with Gasteiger partial charge in [0, 0.05) is 12.2 Å². The maximum Gasteiger partial charge on any atom is 0.0342 e. The van der Waals surface area contributed by atoms with E-state index in [4.69, 9.17) is 0 Å². The van der Waals surface area contributed by atoms with Crippen LogP contribution in [0.15, 0.2) is 42.5 Å². The largest absolute Gasteiger partial charge is 0.382 e. The third-order valence-electron chi connectivity index (χ3n) is 1.82. The number of allylic oxidation sites excluding steroid dienone is 1. The second kappa shape index (κ2) is 4.85. The van der Waals surface area contributed by atoms with Gasteiger partial charge in [-0.3, -0.25) is 0 Å². The summed E-state index contributed by atoms with van der Waals surface area (Å²) in [5.41, 5.74) is 1.45. The van der Waals surface area contributed by atoms with Gasteiger partial charge in [-0.2, -0.15) is 0 Å². The third-order valence-corrected chi connectivity index (χ3v) is 1.82. The van der Waals surface area contributed by atoms with Gasteiger partial charge in [-0.1, -0.05) is 51.1 Å². The summed E-state index contributed by atoms with van der Waals surface area (Å²) in [4.78, 5) is 0. The fourth-order valence-corrected chi connectivity index (χ4v) is 1.15. The van der Waals surface area contributed by atoms with Gasteiger partial charge >= 0.3 is 0 Å². The summed E-state index contributed by atoms with van der Waals surface area (Å²) >= 11 is 0. The molecule has 76 valence electrons. The van der Waals surface area contributed by atoms with Gasteiger partial charge in [0.1, 0.15) is 0 Å². The summed E-state index contributed by atoms with van der Waals surface area (Å²) in [6, 6.07) is 10.2. The third kappa shape index (κ3) is 4.70. The molecule has 0 fully saturated rings. The highest BCUT2D eigenvalue weighted by Gasteiger charge is 2.02. The summed E-state index contributed by atoms with van der Waals surface area (Å²) in [5.74, 6) is 0. The lowest BCUT2D eigenvalue weighted by Crippen LogP contribution is -2.02. The Balaban J connectivity index is 2.33. The number of hydrogen-bond acceptors (Lipinski definition) is 1. The molecule has 0 saturated carbocycles. The molecule has 0 radical (unpaired) electrons. The first kappa shape index (κ1) is 10.8. The average molecular weight is 189 g/mol. The van der Waals surface area contributed by atoms with E-state index in [0.29, 0.717) is 0 Å². The Morgan fingerprint density at radius 3 is 2.36 bits per heavy atom. The molecule has 0 unspecified atom stereocenters. The van der Waals surface area contributed by atoms with Crippen LogP contribution in [-0.2, 0) is 0 Å². The van der Waals surface area contributed by atoms with Crippen molar-refractivity contribution in [3.8, 4) is 0 Å². The van der Waals surface area contributed by atoms with Crippen molar-refractivity contribution < 1.29 is 0 Å². The zero-order chi connectivity index (χ0) is 10.4. The van der Waals surface area contributed by atoms with Crippen LogP contribution in [0.4, 0.5) is 5.69 Å². The average Bonchev–Trinajstić information content (AvgIpc) is 2.13.